The lowest BCUT2D eigenvalue weighted by Crippen LogP contribution is -2.37. The smallest absolute Gasteiger partial charge is 0.242 e. The van der Waals surface area contributed by atoms with Crippen LogP contribution in [-0.2, 0) is 18.3 Å². The maximum atomic E-state index is 12.6. The van der Waals surface area contributed by atoms with E-state index in [0.717, 1.165) is 18.4 Å². The Bertz CT molecular complexity index is 692. The van der Waals surface area contributed by atoms with Gasteiger partial charge in [-0.05, 0) is 37.9 Å². The largest absolute Gasteiger partial charge is 0.348 e. The molecule has 1 heterocycles. The maximum absolute atomic E-state index is 12.6. The monoisotopic (exact) mass is 298 g/mol. The number of benzene rings is 1. The molecular weight excluding hydrogens is 276 g/mol. The molecule has 116 valence electrons. The predicted molar refractivity (Wildman–Crippen MR) is 85.4 cm³/mol. The van der Waals surface area contributed by atoms with Crippen LogP contribution in [0, 0.1) is 6.92 Å². The van der Waals surface area contributed by atoms with Crippen LogP contribution in [0.5, 0.6) is 0 Å². The third kappa shape index (κ3) is 2.76. The van der Waals surface area contributed by atoms with E-state index in [1.54, 1.807) is 17.9 Å². The minimum Gasteiger partial charge on any atom is -0.348 e. The molecule has 0 saturated heterocycles. The zero-order valence-electron chi connectivity index (χ0n) is 13.3. The number of aromatic nitrogens is 2. The molecule has 1 aromatic carbocycles. The molecule has 0 fully saturated rings. The molecule has 2 unspecified atom stereocenters. The number of aryl methyl sites for hydroxylation is 3. The first kappa shape index (κ1) is 14.8. The second-order valence-corrected chi connectivity index (χ2v) is 5.97. The second kappa shape index (κ2) is 5.93. The molecule has 3 rings (SSSR count). The molecule has 1 aromatic heterocycles. The Hall–Kier alpha value is -2.14. The van der Waals surface area contributed by atoms with E-state index in [2.05, 4.69) is 40.9 Å². The Morgan fingerprint density at radius 1 is 1.45 bits per heavy atom. The van der Waals surface area contributed by atoms with Crippen LogP contribution in [-0.4, -0.2) is 22.7 Å². The average molecular weight is 298 g/mol. The Labute approximate surface area is 130 Å². The first-order valence-electron chi connectivity index (χ1n) is 7.64. The van der Waals surface area contributed by atoms with Crippen molar-refractivity contribution in [1.29, 1.82) is 0 Å². The summed E-state index contributed by atoms with van der Waals surface area (Å²) in [6, 6.07) is 6.21. The quantitative estimate of drug-likeness (QED) is 0.905. The van der Waals surface area contributed by atoms with Crippen molar-refractivity contribution >= 4 is 5.91 Å². The SMILES string of the molecule is CNC(C(=O)NC1CCc2cc(C)ccc21)c1cnn(C)c1. The molecule has 2 aromatic rings. The zero-order chi connectivity index (χ0) is 15.7. The molecule has 0 bridgehead atoms. The molecular formula is C17H22N4O. The highest BCUT2D eigenvalue weighted by Gasteiger charge is 2.27. The van der Waals surface area contributed by atoms with Crippen molar-refractivity contribution in [3.63, 3.8) is 0 Å². The molecule has 2 atom stereocenters. The second-order valence-electron chi connectivity index (χ2n) is 5.97. The number of nitrogens with zero attached hydrogens (tertiary/aromatic N) is 2. The van der Waals surface area contributed by atoms with Crippen LogP contribution in [0.25, 0.3) is 0 Å². The van der Waals surface area contributed by atoms with Crippen molar-refractivity contribution in [2.24, 2.45) is 7.05 Å². The van der Waals surface area contributed by atoms with Gasteiger partial charge in [-0.2, -0.15) is 5.10 Å². The van der Waals surface area contributed by atoms with Gasteiger partial charge in [-0.3, -0.25) is 9.48 Å². The summed E-state index contributed by atoms with van der Waals surface area (Å²) in [5.74, 6) is -0.00562. The van der Waals surface area contributed by atoms with Gasteiger partial charge >= 0.3 is 0 Å². The van der Waals surface area contributed by atoms with Gasteiger partial charge < -0.3 is 10.6 Å². The Kier molecular flexibility index (Phi) is 3.98. The van der Waals surface area contributed by atoms with Crippen LogP contribution in [0.4, 0.5) is 0 Å². The zero-order valence-corrected chi connectivity index (χ0v) is 13.3. The van der Waals surface area contributed by atoms with E-state index < -0.39 is 0 Å². The molecule has 5 nitrogen and oxygen atoms in total. The van der Waals surface area contributed by atoms with Crippen LogP contribution < -0.4 is 10.6 Å². The van der Waals surface area contributed by atoms with Gasteiger partial charge in [0.25, 0.3) is 0 Å². The van der Waals surface area contributed by atoms with Crippen molar-refractivity contribution in [2.75, 3.05) is 7.05 Å². The fourth-order valence-electron chi connectivity index (χ4n) is 3.19. The Balaban J connectivity index is 1.75. The third-order valence-electron chi connectivity index (χ3n) is 4.30. The van der Waals surface area contributed by atoms with Gasteiger partial charge in [0.2, 0.25) is 5.91 Å². The molecule has 0 aliphatic heterocycles. The summed E-state index contributed by atoms with van der Waals surface area (Å²) in [4.78, 5) is 12.6. The molecule has 0 radical (unpaired) electrons. The van der Waals surface area contributed by atoms with E-state index in [4.69, 9.17) is 0 Å². The number of hydrogen-bond acceptors (Lipinski definition) is 3. The van der Waals surface area contributed by atoms with Crippen molar-refractivity contribution in [2.45, 2.75) is 31.8 Å². The molecule has 0 spiro atoms. The molecule has 1 aliphatic carbocycles. The van der Waals surface area contributed by atoms with E-state index in [9.17, 15) is 4.79 Å². The average Bonchev–Trinajstić information content (AvgIpc) is 3.07. The number of amides is 1. The summed E-state index contributed by atoms with van der Waals surface area (Å²) in [6.07, 6.45) is 5.59. The first-order chi connectivity index (χ1) is 10.6. The predicted octanol–water partition coefficient (Wildman–Crippen LogP) is 1.79. The van der Waals surface area contributed by atoms with E-state index in [0.29, 0.717) is 0 Å². The topological polar surface area (TPSA) is 59.0 Å². The van der Waals surface area contributed by atoms with Crippen molar-refractivity contribution in [1.82, 2.24) is 20.4 Å². The summed E-state index contributed by atoms with van der Waals surface area (Å²) in [7, 11) is 3.65. The number of rotatable bonds is 4. The van der Waals surface area contributed by atoms with Gasteiger partial charge in [0.15, 0.2) is 0 Å². The van der Waals surface area contributed by atoms with Gasteiger partial charge in [-0.15, -0.1) is 0 Å². The van der Waals surface area contributed by atoms with Gasteiger partial charge in [0, 0.05) is 18.8 Å². The minimum absolute atomic E-state index is 0.00562. The Morgan fingerprint density at radius 2 is 2.27 bits per heavy atom. The molecule has 5 heteroatoms. The lowest BCUT2D eigenvalue weighted by molar-refractivity contribution is -0.123. The lowest BCUT2D eigenvalue weighted by Gasteiger charge is -2.19. The fraction of sp³-hybridized carbons (Fsp3) is 0.412. The molecule has 1 aliphatic rings. The lowest BCUT2D eigenvalue weighted by atomic mass is 10.0. The summed E-state index contributed by atoms with van der Waals surface area (Å²) in [5.41, 5.74) is 4.76. The van der Waals surface area contributed by atoms with Gasteiger partial charge in [0.1, 0.15) is 6.04 Å². The highest BCUT2D eigenvalue weighted by atomic mass is 16.2. The number of fused-ring (bicyclic) bond motifs is 1. The number of nitrogens with one attached hydrogen (secondary N) is 2. The minimum atomic E-state index is -0.372. The number of hydrogen-bond donors (Lipinski definition) is 2. The molecule has 22 heavy (non-hydrogen) atoms. The summed E-state index contributed by atoms with van der Waals surface area (Å²) >= 11 is 0. The summed E-state index contributed by atoms with van der Waals surface area (Å²) in [6.45, 7) is 2.10. The van der Waals surface area contributed by atoms with Crippen LogP contribution in [0.3, 0.4) is 0 Å². The number of carbonyl (C=O) groups excluding carboxylic acids is 1. The van der Waals surface area contributed by atoms with Crippen molar-refractivity contribution < 1.29 is 4.79 Å². The van der Waals surface area contributed by atoms with E-state index in [1.165, 1.54) is 16.7 Å². The van der Waals surface area contributed by atoms with Crippen LogP contribution >= 0.6 is 0 Å². The van der Waals surface area contributed by atoms with Crippen molar-refractivity contribution in [3.8, 4) is 0 Å². The van der Waals surface area contributed by atoms with Crippen LogP contribution in [0.1, 0.15) is 40.8 Å². The third-order valence-corrected chi connectivity index (χ3v) is 4.30. The number of likely N-dealkylation sites (N-methyl/N-ethyl adjacent to an activating group) is 1. The normalized spacial score (nSPS) is 18.0. The van der Waals surface area contributed by atoms with E-state index in [-0.39, 0.29) is 18.0 Å². The van der Waals surface area contributed by atoms with E-state index in [1.807, 2.05) is 13.2 Å². The highest BCUT2D eigenvalue weighted by Crippen LogP contribution is 2.32. The summed E-state index contributed by atoms with van der Waals surface area (Å²) in [5, 5.41) is 10.4. The van der Waals surface area contributed by atoms with Crippen molar-refractivity contribution in [3.05, 3.63) is 52.8 Å². The molecule has 0 saturated carbocycles. The first-order valence-corrected chi connectivity index (χ1v) is 7.64. The number of carbonyl (C=O) groups is 1. The fourth-order valence-corrected chi connectivity index (χ4v) is 3.19. The summed E-state index contributed by atoms with van der Waals surface area (Å²) < 4.78 is 1.71. The molecule has 2 N–H and O–H groups in total. The standard InChI is InChI=1S/C17H22N4O/c1-11-4-6-14-12(8-11)5-7-15(14)20-17(22)16(18-2)13-9-19-21(3)10-13/h4,6,8-10,15-16,18H,5,7H2,1-3H3,(H,20,22). The van der Waals surface area contributed by atoms with Gasteiger partial charge in [-0.1, -0.05) is 23.8 Å². The van der Waals surface area contributed by atoms with Crippen LogP contribution in [0.15, 0.2) is 30.6 Å². The van der Waals surface area contributed by atoms with Gasteiger partial charge in [0.05, 0.1) is 12.2 Å². The molecule has 1 amide bonds. The van der Waals surface area contributed by atoms with Crippen LogP contribution in [0.2, 0.25) is 0 Å². The maximum Gasteiger partial charge on any atom is 0.242 e. The van der Waals surface area contributed by atoms with E-state index >= 15 is 0 Å². The highest BCUT2D eigenvalue weighted by molar-refractivity contribution is 5.83. The Morgan fingerprint density at radius 3 is 2.95 bits per heavy atom. The van der Waals surface area contributed by atoms with Gasteiger partial charge in [-0.25, -0.2) is 0 Å².